The van der Waals surface area contributed by atoms with Gasteiger partial charge in [-0.25, -0.2) is 0 Å². The van der Waals surface area contributed by atoms with Crippen molar-refractivity contribution in [2.45, 2.75) is 19.9 Å². The van der Waals surface area contributed by atoms with Crippen molar-refractivity contribution in [1.29, 1.82) is 0 Å². The largest absolute Gasteiger partial charge is 0.269 e. The van der Waals surface area contributed by atoms with Crippen LogP contribution in [0, 0.1) is 0 Å². The van der Waals surface area contributed by atoms with E-state index in [9.17, 15) is 9.59 Å². The first kappa shape index (κ1) is 13.5. The van der Waals surface area contributed by atoms with E-state index in [1.807, 2.05) is 24.3 Å². The summed E-state index contributed by atoms with van der Waals surface area (Å²) in [6, 6.07) is 7.90. The number of carbonyl (C=O) groups is 2. The first-order valence-electron chi connectivity index (χ1n) is 5.54. The van der Waals surface area contributed by atoms with Crippen LogP contribution in [0.2, 0.25) is 0 Å². The summed E-state index contributed by atoms with van der Waals surface area (Å²) >= 11 is 6.22. The van der Waals surface area contributed by atoms with Gasteiger partial charge in [-0.05, 0) is 49.4 Å². The molecule has 0 aromatic heterocycles. The molecule has 94 valence electrons. The van der Waals surface area contributed by atoms with Crippen LogP contribution in [0.3, 0.4) is 0 Å². The highest BCUT2D eigenvalue weighted by Gasteiger charge is 2.35. The molecule has 0 saturated carbocycles. The van der Waals surface area contributed by atoms with Crippen molar-refractivity contribution in [3.8, 4) is 0 Å². The van der Waals surface area contributed by atoms with E-state index in [0.29, 0.717) is 15.5 Å². The molecule has 0 bridgehead atoms. The van der Waals surface area contributed by atoms with Crippen LogP contribution in [-0.4, -0.2) is 16.7 Å². The molecule has 5 heteroatoms. The molecule has 2 rings (SSSR count). The van der Waals surface area contributed by atoms with Gasteiger partial charge in [0, 0.05) is 0 Å². The number of nitrogens with zero attached hydrogens (tertiary/aromatic N) is 1. The van der Waals surface area contributed by atoms with Gasteiger partial charge in [-0.1, -0.05) is 31.2 Å². The molecule has 18 heavy (non-hydrogen) atoms. The molecule has 0 fully saturated rings. The number of imide groups is 1. The zero-order valence-corrected chi connectivity index (χ0v) is 12.9. The number of amides is 2. The molecule has 0 aliphatic carbocycles. The second-order valence-corrected chi connectivity index (χ2v) is 5.58. The highest BCUT2D eigenvalue weighted by molar-refractivity contribution is 9.14. The van der Waals surface area contributed by atoms with Crippen LogP contribution >= 0.6 is 31.9 Å². The van der Waals surface area contributed by atoms with E-state index < -0.39 is 0 Å². The van der Waals surface area contributed by atoms with Crippen molar-refractivity contribution in [2.75, 3.05) is 0 Å². The highest BCUT2D eigenvalue weighted by atomic mass is 79.9. The molecule has 1 aliphatic heterocycles. The summed E-state index contributed by atoms with van der Waals surface area (Å²) in [5.41, 5.74) is 2.15. The lowest BCUT2D eigenvalue weighted by Gasteiger charge is -2.14. The molecular formula is C13H11Br2NO2. The Labute approximate surface area is 122 Å². The van der Waals surface area contributed by atoms with Crippen molar-refractivity contribution < 1.29 is 9.59 Å². The zero-order valence-electron chi connectivity index (χ0n) is 9.74. The Morgan fingerprint density at radius 1 is 1.06 bits per heavy atom. The zero-order chi connectivity index (χ0) is 13.3. The Morgan fingerprint density at radius 2 is 1.61 bits per heavy atom. The van der Waals surface area contributed by atoms with Gasteiger partial charge >= 0.3 is 0 Å². The summed E-state index contributed by atoms with van der Waals surface area (Å²) in [5, 5.41) is 0. The van der Waals surface area contributed by atoms with Gasteiger partial charge in [0.2, 0.25) is 0 Å². The monoisotopic (exact) mass is 371 g/mol. The number of halogens is 2. The number of hydrogen-bond acceptors (Lipinski definition) is 2. The van der Waals surface area contributed by atoms with Crippen LogP contribution in [0.25, 0.3) is 0 Å². The van der Waals surface area contributed by atoms with E-state index in [1.54, 1.807) is 0 Å². The molecule has 1 aromatic rings. The third-order valence-electron chi connectivity index (χ3n) is 2.80. The van der Waals surface area contributed by atoms with Gasteiger partial charge in [0.05, 0.1) is 6.54 Å². The maximum Gasteiger partial charge on any atom is 0.269 e. The maximum atomic E-state index is 11.9. The van der Waals surface area contributed by atoms with Crippen molar-refractivity contribution in [1.82, 2.24) is 4.90 Å². The number of hydrogen-bond donors (Lipinski definition) is 0. The Hall–Kier alpha value is -0.940. The standard InChI is InChI=1S/C13H11Br2NO2/c1-2-8-4-3-5-9(6-8)7-16-12(17)10(14)11(15)13(16)18/h3-6H,2,7H2,1H3. The number of carbonyl (C=O) groups excluding carboxylic acids is 2. The van der Waals surface area contributed by atoms with Gasteiger partial charge < -0.3 is 0 Å². The van der Waals surface area contributed by atoms with E-state index in [4.69, 9.17) is 0 Å². The van der Waals surface area contributed by atoms with E-state index in [-0.39, 0.29) is 11.8 Å². The van der Waals surface area contributed by atoms with Crippen LogP contribution in [-0.2, 0) is 22.6 Å². The summed E-state index contributed by atoms with van der Waals surface area (Å²) < 4.78 is 0.582. The normalized spacial score (nSPS) is 15.8. The highest BCUT2D eigenvalue weighted by Crippen LogP contribution is 2.30. The lowest BCUT2D eigenvalue weighted by atomic mass is 10.1. The van der Waals surface area contributed by atoms with Crippen molar-refractivity contribution >= 4 is 43.7 Å². The van der Waals surface area contributed by atoms with E-state index in [0.717, 1.165) is 12.0 Å². The van der Waals surface area contributed by atoms with Crippen LogP contribution in [0.1, 0.15) is 18.1 Å². The first-order valence-corrected chi connectivity index (χ1v) is 7.12. The van der Waals surface area contributed by atoms with Crippen LogP contribution in [0.5, 0.6) is 0 Å². The fourth-order valence-electron chi connectivity index (χ4n) is 1.79. The summed E-state index contributed by atoms with van der Waals surface area (Å²) in [6.07, 6.45) is 0.932. The maximum absolute atomic E-state index is 11.9. The fraction of sp³-hybridized carbons (Fsp3) is 0.231. The number of benzene rings is 1. The Bertz CT molecular complexity index is 528. The Kier molecular flexibility index (Phi) is 4.02. The third-order valence-corrected chi connectivity index (χ3v) is 4.80. The molecule has 0 spiro atoms. The molecule has 3 nitrogen and oxygen atoms in total. The van der Waals surface area contributed by atoms with Gasteiger partial charge in [-0.2, -0.15) is 0 Å². The predicted octanol–water partition coefficient (Wildman–Crippen LogP) is 3.12. The van der Waals surface area contributed by atoms with Crippen LogP contribution in [0.4, 0.5) is 0 Å². The molecule has 0 saturated heterocycles. The molecular weight excluding hydrogens is 362 g/mol. The molecule has 1 heterocycles. The van der Waals surface area contributed by atoms with Crippen LogP contribution < -0.4 is 0 Å². The molecule has 0 radical (unpaired) electrons. The van der Waals surface area contributed by atoms with Crippen LogP contribution in [0.15, 0.2) is 33.2 Å². The fourth-order valence-corrected chi connectivity index (χ4v) is 2.56. The minimum absolute atomic E-state index is 0.291. The summed E-state index contributed by atoms with van der Waals surface area (Å²) in [7, 11) is 0. The second-order valence-electron chi connectivity index (χ2n) is 4.00. The van der Waals surface area contributed by atoms with E-state index in [1.165, 1.54) is 10.5 Å². The van der Waals surface area contributed by atoms with Gasteiger partial charge in [-0.3, -0.25) is 14.5 Å². The Balaban J connectivity index is 2.21. The van der Waals surface area contributed by atoms with Crippen molar-refractivity contribution in [3.63, 3.8) is 0 Å². The SMILES string of the molecule is CCc1cccc(CN2C(=O)C(Br)=C(Br)C2=O)c1. The van der Waals surface area contributed by atoms with Crippen molar-refractivity contribution in [2.24, 2.45) is 0 Å². The van der Waals surface area contributed by atoms with Gasteiger partial charge in [0.15, 0.2) is 0 Å². The minimum atomic E-state index is -0.297. The number of rotatable bonds is 3. The lowest BCUT2D eigenvalue weighted by Crippen LogP contribution is -2.30. The lowest BCUT2D eigenvalue weighted by molar-refractivity contribution is -0.137. The molecule has 1 aromatic carbocycles. The predicted molar refractivity (Wildman–Crippen MR) is 76.3 cm³/mol. The van der Waals surface area contributed by atoms with E-state index in [2.05, 4.69) is 38.8 Å². The Morgan fingerprint density at radius 3 is 2.17 bits per heavy atom. The average molecular weight is 373 g/mol. The molecule has 0 unspecified atom stereocenters. The molecule has 0 N–H and O–H groups in total. The third kappa shape index (κ3) is 2.42. The van der Waals surface area contributed by atoms with E-state index >= 15 is 0 Å². The molecule has 1 aliphatic rings. The quantitative estimate of drug-likeness (QED) is 0.764. The second kappa shape index (κ2) is 5.36. The summed E-state index contributed by atoms with van der Waals surface area (Å²) in [4.78, 5) is 24.9. The molecule has 2 amide bonds. The number of aryl methyl sites for hydroxylation is 1. The smallest absolute Gasteiger partial charge is 0.269 e. The van der Waals surface area contributed by atoms with Gasteiger partial charge in [0.25, 0.3) is 11.8 Å². The van der Waals surface area contributed by atoms with Gasteiger partial charge in [-0.15, -0.1) is 0 Å². The molecule has 0 atom stereocenters. The summed E-state index contributed by atoms with van der Waals surface area (Å²) in [6.45, 7) is 2.37. The van der Waals surface area contributed by atoms with Crippen molar-refractivity contribution in [3.05, 3.63) is 44.4 Å². The first-order chi connectivity index (χ1) is 8.54. The topological polar surface area (TPSA) is 37.4 Å². The average Bonchev–Trinajstić information content (AvgIpc) is 2.57. The minimum Gasteiger partial charge on any atom is -0.269 e. The summed E-state index contributed by atoms with van der Waals surface area (Å²) in [5.74, 6) is -0.595. The van der Waals surface area contributed by atoms with Gasteiger partial charge in [0.1, 0.15) is 8.96 Å².